The number of ether oxygens (including phenoxy) is 2. The van der Waals surface area contributed by atoms with Gasteiger partial charge in [-0.1, -0.05) is 0 Å². The number of benzene rings is 1. The van der Waals surface area contributed by atoms with Gasteiger partial charge in [-0.15, -0.1) is 11.3 Å². The van der Waals surface area contributed by atoms with Gasteiger partial charge in [0.15, 0.2) is 11.5 Å². The number of thiazole rings is 1. The summed E-state index contributed by atoms with van der Waals surface area (Å²) in [7, 11) is 0. The van der Waals surface area contributed by atoms with E-state index in [4.69, 9.17) is 9.47 Å². The molecular formula is C16H17N3O4S. The lowest BCUT2D eigenvalue weighted by molar-refractivity contribution is -0.136. The molecule has 1 aliphatic rings. The molecule has 2 amide bonds. The fourth-order valence-corrected chi connectivity index (χ4v) is 2.86. The minimum Gasteiger partial charge on any atom is -0.490 e. The lowest BCUT2D eigenvalue weighted by Crippen LogP contribution is -2.34. The van der Waals surface area contributed by atoms with E-state index in [1.165, 1.54) is 11.3 Å². The maximum absolute atomic E-state index is 12.0. The summed E-state index contributed by atoms with van der Waals surface area (Å²) in [5.74, 6) is -0.259. The molecule has 0 aliphatic carbocycles. The van der Waals surface area contributed by atoms with Crippen molar-refractivity contribution in [1.82, 2.24) is 10.3 Å². The van der Waals surface area contributed by atoms with Gasteiger partial charge in [0, 0.05) is 29.2 Å². The van der Waals surface area contributed by atoms with E-state index in [1.807, 2.05) is 12.3 Å². The fraction of sp³-hybridized carbons (Fsp3) is 0.312. The van der Waals surface area contributed by atoms with Crippen molar-refractivity contribution in [2.75, 3.05) is 18.5 Å². The van der Waals surface area contributed by atoms with Gasteiger partial charge in [-0.25, -0.2) is 4.98 Å². The highest BCUT2D eigenvalue weighted by molar-refractivity contribution is 7.09. The first kappa shape index (κ1) is 16.3. The van der Waals surface area contributed by atoms with Crippen LogP contribution in [-0.2, 0) is 16.1 Å². The van der Waals surface area contributed by atoms with Crippen LogP contribution in [0.1, 0.15) is 17.1 Å². The first-order chi connectivity index (χ1) is 11.6. The summed E-state index contributed by atoms with van der Waals surface area (Å²) >= 11 is 1.44. The summed E-state index contributed by atoms with van der Waals surface area (Å²) in [5.41, 5.74) is 1.37. The summed E-state index contributed by atoms with van der Waals surface area (Å²) < 4.78 is 11.1. The van der Waals surface area contributed by atoms with E-state index in [2.05, 4.69) is 15.6 Å². The van der Waals surface area contributed by atoms with Gasteiger partial charge in [-0.05, 0) is 19.1 Å². The average Bonchev–Trinajstić information content (AvgIpc) is 2.85. The van der Waals surface area contributed by atoms with Crippen molar-refractivity contribution in [2.45, 2.75) is 19.9 Å². The Kier molecular flexibility index (Phi) is 4.95. The second kappa shape index (κ2) is 7.31. The highest BCUT2D eigenvalue weighted by Gasteiger charge is 2.16. The maximum atomic E-state index is 12.0. The van der Waals surface area contributed by atoms with Crippen LogP contribution in [-0.4, -0.2) is 30.0 Å². The largest absolute Gasteiger partial charge is 0.490 e. The summed E-state index contributed by atoms with van der Waals surface area (Å²) in [6.45, 7) is 3.25. The van der Waals surface area contributed by atoms with E-state index in [0.717, 1.165) is 17.1 Å². The number of amides is 2. The van der Waals surface area contributed by atoms with Gasteiger partial charge in [-0.3, -0.25) is 9.59 Å². The number of carbonyl (C=O) groups is 2. The van der Waals surface area contributed by atoms with Crippen molar-refractivity contribution < 1.29 is 19.1 Å². The van der Waals surface area contributed by atoms with E-state index in [-0.39, 0.29) is 6.54 Å². The van der Waals surface area contributed by atoms with Crippen molar-refractivity contribution in [3.05, 3.63) is 34.3 Å². The minimum atomic E-state index is -0.738. The molecule has 0 fully saturated rings. The van der Waals surface area contributed by atoms with Crippen LogP contribution in [0.25, 0.3) is 0 Å². The molecule has 7 nitrogen and oxygen atoms in total. The molecule has 0 saturated carbocycles. The molecule has 0 unspecified atom stereocenters. The third-order valence-electron chi connectivity index (χ3n) is 3.28. The van der Waals surface area contributed by atoms with Crippen LogP contribution in [0.5, 0.6) is 11.5 Å². The van der Waals surface area contributed by atoms with E-state index in [0.29, 0.717) is 30.4 Å². The number of carbonyl (C=O) groups excluding carboxylic acids is 2. The van der Waals surface area contributed by atoms with Gasteiger partial charge in [0.1, 0.15) is 5.01 Å². The van der Waals surface area contributed by atoms with E-state index >= 15 is 0 Å². The van der Waals surface area contributed by atoms with Crippen molar-refractivity contribution in [3.8, 4) is 11.5 Å². The van der Waals surface area contributed by atoms with Gasteiger partial charge in [0.2, 0.25) is 0 Å². The van der Waals surface area contributed by atoms with Gasteiger partial charge >= 0.3 is 11.8 Å². The topological polar surface area (TPSA) is 89.6 Å². The fourth-order valence-electron chi connectivity index (χ4n) is 2.15. The summed E-state index contributed by atoms with van der Waals surface area (Å²) in [6.07, 6.45) is 0.801. The molecule has 2 N–H and O–H groups in total. The van der Waals surface area contributed by atoms with Crippen LogP contribution in [0, 0.1) is 6.92 Å². The lowest BCUT2D eigenvalue weighted by atomic mass is 10.2. The Bertz CT molecular complexity index is 760. The Morgan fingerprint density at radius 3 is 2.75 bits per heavy atom. The molecule has 1 aromatic carbocycles. The zero-order valence-electron chi connectivity index (χ0n) is 13.1. The number of anilines is 1. The smallest absolute Gasteiger partial charge is 0.313 e. The van der Waals surface area contributed by atoms with Crippen LogP contribution in [0.3, 0.4) is 0 Å². The van der Waals surface area contributed by atoms with Crippen molar-refractivity contribution in [2.24, 2.45) is 0 Å². The standard InChI is InChI=1S/C16H17N3O4S/c1-10-9-24-14(18-10)8-17-15(20)16(21)19-11-3-4-12-13(7-11)23-6-2-5-22-12/h3-4,7,9H,2,5-6,8H2,1H3,(H,17,20)(H,19,21). The molecule has 0 spiro atoms. The average molecular weight is 347 g/mol. The summed E-state index contributed by atoms with van der Waals surface area (Å²) in [4.78, 5) is 28.1. The Balaban J connectivity index is 1.57. The molecule has 1 aromatic heterocycles. The molecule has 0 radical (unpaired) electrons. The lowest BCUT2D eigenvalue weighted by Gasteiger charge is -2.10. The number of fused-ring (bicyclic) bond motifs is 1. The Labute approximate surface area is 143 Å². The van der Waals surface area contributed by atoms with Crippen molar-refractivity contribution in [1.29, 1.82) is 0 Å². The second-order valence-electron chi connectivity index (χ2n) is 5.23. The molecule has 3 rings (SSSR count). The molecule has 126 valence electrons. The van der Waals surface area contributed by atoms with Crippen LogP contribution in [0.15, 0.2) is 23.6 Å². The first-order valence-corrected chi connectivity index (χ1v) is 8.39. The second-order valence-corrected chi connectivity index (χ2v) is 6.17. The number of nitrogens with one attached hydrogen (secondary N) is 2. The highest BCUT2D eigenvalue weighted by Crippen LogP contribution is 2.32. The van der Waals surface area contributed by atoms with E-state index in [1.54, 1.807) is 18.2 Å². The zero-order chi connectivity index (χ0) is 16.9. The van der Waals surface area contributed by atoms with Crippen LogP contribution < -0.4 is 20.1 Å². The number of aryl methyl sites for hydroxylation is 1. The van der Waals surface area contributed by atoms with Gasteiger partial charge in [0.05, 0.1) is 19.8 Å². The van der Waals surface area contributed by atoms with Crippen LogP contribution >= 0.6 is 11.3 Å². The molecular weight excluding hydrogens is 330 g/mol. The summed E-state index contributed by atoms with van der Waals surface area (Å²) in [5, 5.41) is 7.74. The van der Waals surface area contributed by atoms with Crippen LogP contribution in [0.2, 0.25) is 0 Å². The Morgan fingerprint density at radius 1 is 1.21 bits per heavy atom. The Morgan fingerprint density at radius 2 is 2.00 bits per heavy atom. The third kappa shape index (κ3) is 4.02. The summed E-state index contributed by atoms with van der Waals surface area (Å²) in [6, 6.07) is 5.03. The number of hydrogen-bond donors (Lipinski definition) is 2. The molecule has 0 bridgehead atoms. The molecule has 0 saturated heterocycles. The monoisotopic (exact) mass is 347 g/mol. The number of nitrogens with zero attached hydrogens (tertiary/aromatic N) is 1. The number of rotatable bonds is 3. The predicted octanol–water partition coefficient (Wildman–Crippen LogP) is 1.87. The quantitative estimate of drug-likeness (QED) is 0.828. The highest BCUT2D eigenvalue weighted by atomic mass is 32.1. The van der Waals surface area contributed by atoms with Crippen molar-refractivity contribution in [3.63, 3.8) is 0 Å². The molecule has 1 aliphatic heterocycles. The van der Waals surface area contributed by atoms with Gasteiger partial charge < -0.3 is 20.1 Å². The first-order valence-electron chi connectivity index (χ1n) is 7.51. The molecule has 8 heteroatoms. The number of hydrogen-bond acceptors (Lipinski definition) is 6. The normalized spacial score (nSPS) is 13.0. The maximum Gasteiger partial charge on any atom is 0.313 e. The zero-order valence-corrected chi connectivity index (χ0v) is 13.9. The molecule has 2 heterocycles. The minimum absolute atomic E-state index is 0.228. The van der Waals surface area contributed by atoms with Crippen LogP contribution in [0.4, 0.5) is 5.69 Å². The predicted molar refractivity (Wildman–Crippen MR) is 89.4 cm³/mol. The molecule has 0 atom stereocenters. The van der Waals surface area contributed by atoms with Gasteiger partial charge in [-0.2, -0.15) is 0 Å². The Hall–Kier alpha value is -2.61. The van der Waals surface area contributed by atoms with E-state index < -0.39 is 11.8 Å². The molecule has 24 heavy (non-hydrogen) atoms. The van der Waals surface area contributed by atoms with E-state index in [9.17, 15) is 9.59 Å². The third-order valence-corrected chi connectivity index (χ3v) is 4.25. The SMILES string of the molecule is Cc1csc(CNC(=O)C(=O)Nc2ccc3c(c2)OCCCO3)n1. The van der Waals surface area contributed by atoms with Gasteiger partial charge in [0.25, 0.3) is 0 Å². The number of aromatic nitrogens is 1. The van der Waals surface area contributed by atoms with Crippen molar-refractivity contribution >= 4 is 28.8 Å². The molecule has 2 aromatic rings.